The van der Waals surface area contributed by atoms with Gasteiger partial charge in [0, 0.05) is 30.8 Å². The van der Waals surface area contributed by atoms with E-state index in [1.807, 2.05) is 6.07 Å². The van der Waals surface area contributed by atoms with Crippen molar-refractivity contribution in [1.29, 1.82) is 0 Å². The summed E-state index contributed by atoms with van der Waals surface area (Å²) in [6.07, 6.45) is -3.94. The molecule has 1 aromatic heterocycles. The van der Waals surface area contributed by atoms with E-state index in [0.29, 0.717) is 11.3 Å². The number of nitrogens with one attached hydrogen (secondary N) is 1. The van der Waals surface area contributed by atoms with Gasteiger partial charge in [-0.2, -0.15) is 0 Å². The fourth-order valence-electron chi connectivity index (χ4n) is 2.38. The summed E-state index contributed by atoms with van der Waals surface area (Å²) < 4.78 is 41.5. The molecule has 6 heteroatoms. The largest absolute Gasteiger partial charge is 0.573 e. The summed E-state index contributed by atoms with van der Waals surface area (Å²) in [4.78, 5) is 4.49. The van der Waals surface area contributed by atoms with E-state index >= 15 is 0 Å². The van der Waals surface area contributed by atoms with Crippen LogP contribution in [-0.2, 0) is 13.0 Å². The predicted octanol–water partition coefficient (Wildman–Crippen LogP) is 3.29. The molecule has 2 aromatic rings. The lowest BCUT2D eigenvalue weighted by atomic mass is 10.0. The Hall–Kier alpha value is -2.08. The number of fused-ring (bicyclic) bond motifs is 1. The van der Waals surface area contributed by atoms with E-state index in [4.69, 9.17) is 0 Å². The molecule has 0 fully saturated rings. The molecule has 0 unspecified atom stereocenters. The number of nitrogens with zero attached hydrogens (tertiary/aromatic N) is 1. The molecule has 21 heavy (non-hydrogen) atoms. The molecule has 0 saturated heterocycles. The number of halogens is 3. The minimum Gasteiger partial charge on any atom is -0.405 e. The van der Waals surface area contributed by atoms with Gasteiger partial charge in [-0.05, 0) is 23.8 Å². The van der Waals surface area contributed by atoms with Gasteiger partial charge in [0.1, 0.15) is 5.75 Å². The van der Waals surface area contributed by atoms with Gasteiger partial charge in [0.2, 0.25) is 0 Å². The molecule has 1 N–H and O–H groups in total. The van der Waals surface area contributed by atoms with Crippen LogP contribution in [0, 0.1) is 0 Å². The average molecular weight is 294 g/mol. The van der Waals surface area contributed by atoms with Gasteiger partial charge in [-0.25, -0.2) is 0 Å². The summed E-state index contributed by atoms with van der Waals surface area (Å²) in [5.41, 5.74) is 2.85. The number of para-hydroxylation sites is 1. The molecule has 3 nitrogen and oxygen atoms in total. The molecule has 1 aliphatic rings. The second kappa shape index (κ2) is 5.37. The molecule has 0 aliphatic carbocycles. The molecule has 1 aliphatic heterocycles. The van der Waals surface area contributed by atoms with Crippen molar-refractivity contribution in [2.75, 3.05) is 6.54 Å². The molecule has 0 amide bonds. The maximum absolute atomic E-state index is 12.5. The topological polar surface area (TPSA) is 34.1 Å². The van der Waals surface area contributed by atoms with E-state index in [1.165, 1.54) is 12.1 Å². The van der Waals surface area contributed by atoms with Crippen LogP contribution in [0.2, 0.25) is 0 Å². The van der Waals surface area contributed by atoms with Crippen LogP contribution in [0.3, 0.4) is 0 Å². The minimum atomic E-state index is -4.71. The van der Waals surface area contributed by atoms with Crippen LogP contribution in [0.1, 0.15) is 11.3 Å². The highest BCUT2D eigenvalue weighted by molar-refractivity contribution is 5.67. The number of aromatic nitrogens is 1. The van der Waals surface area contributed by atoms with Crippen LogP contribution in [0.5, 0.6) is 5.75 Å². The van der Waals surface area contributed by atoms with Crippen molar-refractivity contribution in [2.45, 2.75) is 19.3 Å². The van der Waals surface area contributed by atoms with E-state index in [-0.39, 0.29) is 5.75 Å². The summed E-state index contributed by atoms with van der Waals surface area (Å²) in [5, 5.41) is 3.23. The summed E-state index contributed by atoms with van der Waals surface area (Å²) in [5.74, 6) is -0.230. The predicted molar refractivity (Wildman–Crippen MR) is 71.8 cm³/mol. The first-order valence-electron chi connectivity index (χ1n) is 6.57. The van der Waals surface area contributed by atoms with E-state index in [9.17, 15) is 13.2 Å². The van der Waals surface area contributed by atoms with Gasteiger partial charge >= 0.3 is 6.36 Å². The molecule has 3 rings (SSSR count). The van der Waals surface area contributed by atoms with Crippen LogP contribution >= 0.6 is 0 Å². The molecule has 0 radical (unpaired) electrons. The second-order valence-electron chi connectivity index (χ2n) is 4.77. The SMILES string of the molecule is FC(F)(F)Oc1ccccc1-c1ccc2c(n1)CCNC2. The highest BCUT2D eigenvalue weighted by Crippen LogP contribution is 2.33. The molecule has 0 spiro atoms. The van der Waals surface area contributed by atoms with E-state index < -0.39 is 6.36 Å². The standard InChI is InChI=1S/C15H13F3N2O/c16-15(17,18)21-14-4-2-1-3-11(14)13-6-5-10-9-19-8-7-12(10)20-13/h1-6,19H,7-9H2. The Morgan fingerprint density at radius 1 is 1.10 bits per heavy atom. The lowest BCUT2D eigenvalue weighted by Crippen LogP contribution is -2.24. The zero-order valence-corrected chi connectivity index (χ0v) is 11.1. The fraction of sp³-hybridized carbons (Fsp3) is 0.267. The Balaban J connectivity index is 2.00. The average Bonchev–Trinajstić information content (AvgIpc) is 2.46. The number of ether oxygens (including phenoxy) is 1. The maximum atomic E-state index is 12.5. The molecular formula is C15H13F3N2O. The highest BCUT2D eigenvalue weighted by Gasteiger charge is 2.32. The smallest absolute Gasteiger partial charge is 0.405 e. The first-order valence-corrected chi connectivity index (χ1v) is 6.57. The Labute approximate surface area is 119 Å². The lowest BCUT2D eigenvalue weighted by Gasteiger charge is -2.18. The lowest BCUT2D eigenvalue weighted by molar-refractivity contribution is -0.274. The second-order valence-corrected chi connectivity index (χ2v) is 4.77. The van der Waals surface area contributed by atoms with E-state index in [2.05, 4.69) is 15.0 Å². The van der Waals surface area contributed by atoms with Gasteiger partial charge in [0.25, 0.3) is 0 Å². The minimum absolute atomic E-state index is 0.230. The van der Waals surface area contributed by atoms with Crippen molar-refractivity contribution in [3.8, 4) is 17.0 Å². The Morgan fingerprint density at radius 2 is 1.90 bits per heavy atom. The van der Waals surface area contributed by atoms with Crippen LogP contribution in [0.4, 0.5) is 13.2 Å². The van der Waals surface area contributed by atoms with Gasteiger partial charge in [-0.3, -0.25) is 4.98 Å². The summed E-state index contributed by atoms with van der Waals surface area (Å²) >= 11 is 0. The number of rotatable bonds is 2. The Bertz CT molecular complexity index is 656. The van der Waals surface area contributed by atoms with Gasteiger partial charge in [-0.15, -0.1) is 13.2 Å². The van der Waals surface area contributed by atoms with Crippen molar-refractivity contribution in [2.24, 2.45) is 0 Å². The van der Waals surface area contributed by atoms with Gasteiger partial charge in [-0.1, -0.05) is 18.2 Å². The number of hydrogen-bond donors (Lipinski definition) is 1. The molecule has 0 atom stereocenters. The van der Waals surface area contributed by atoms with Gasteiger partial charge in [0.15, 0.2) is 0 Å². The molecule has 1 aromatic carbocycles. The van der Waals surface area contributed by atoms with Gasteiger partial charge < -0.3 is 10.1 Å². The number of pyridine rings is 1. The zero-order chi connectivity index (χ0) is 14.9. The van der Waals surface area contributed by atoms with Crippen LogP contribution < -0.4 is 10.1 Å². The van der Waals surface area contributed by atoms with Crippen molar-refractivity contribution >= 4 is 0 Å². The summed E-state index contributed by atoms with van der Waals surface area (Å²) in [6, 6.07) is 9.68. The number of hydrogen-bond acceptors (Lipinski definition) is 3. The molecule has 110 valence electrons. The van der Waals surface area contributed by atoms with Crippen molar-refractivity contribution in [1.82, 2.24) is 10.3 Å². The van der Waals surface area contributed by atoms with Crippen molar-refractivity contribution < 1.29 is 17.9 Å². The maximum Gasteiger partial charge on any atom is 0.573 e. The quantitative estimate of drug-likeness (QED) is 0.923. The first-order chi connectivity index (χ1) is 10.0. The number of alkyl halides is 3. The Kier molecular flexibility index (Phi) is 3.55. The van der Waals surface area contributed by atoms with Crippen molar-refractivity contribution in [3.05, 3.63) is 47.7 Å². The molecule has 2 heterocycles. The Morgan fingerprint density at radius 3 is 2.71 bits per heavy atom. The monoisotopic (exact) mass is 294 g/mol. The molecular weight excluding hydrogens is 281 g/mol. The third-order valence-corrected chi connectivity index (χ3v) is 3.31. The zero-order valence-electron chi connectivity index (χ0n) is 11.1. The summed E-state index contributed by atoms with van der Waals surface area (Å²) in [7, 11) is 0. The fourth-order valence-corrected chi connectivity index (χ4v) is 2.38. The third-order valence-electron chi connectivity index (χ3n) is 3.31. The molecule has 0 saturated carbocycles. The third kappa shape index (κ3) is 3.16. The normalized spacial score (nSPS) is 14.6. The highest BCUT2D eigenvalue weighted by atomic mass is 19.4. The van der Waals surface area contributed by atoms with E-state index in [0.717, 1.165) is 30.8 Å². The van der Waals surface area contributed by atoms with Crippen molar-refractivity contribution in [3.63, 3.8) is 0 Å². The van der Waals surface area contributed by atoms with Crippen LogP contribution in [-0.4, -0.2) is 17.9 Å². The van der Waals surface area contributed by atoms with Crippen LogP contribution in [0.25, 0.3) is 11.3 Å². The number of benzene rings is 1. The summed E-state index contributed by atoms with van der Waals surface area (Å²) in [6.45, 7) is 1.56. The first kappa shape index (κ1) is 13.9. The van der Waals surface area contributed by atoms with Gasteiger partial charge in [0.05, 0.1) is 5.69 Å². The van der Waals surface area contributed by atoms with Crippen LogP contribution in [0.15, 0.2) is 36.4 Å². The molecule has 0 bridgehead atoms. The van der Waals surface area contributed by atoms with E-state index in [1.54, 1.807) is 18.2 Å².